The molecular weight excluding hydrogens is 328 g/mol. The predicted molar refractivity (Wildman–Crippen MR) is 97.0 cm³/mol. The minimum Gasteiger partial charge on any atom is -0.344 e. The number of nitrogens with one attached hydrogen (secondary N) is 1. The maximum Gasteiger partial charge on any atom is 0.240 e. The van der Waals surface area contributed by atoms with Crippen LogP contribution in [0.5, 0.6) is 0 Å². The third-order valence-electron chi connectivity index (χ3n) is 4.68. The second kappa shape index (κ2) is 7.36. The van der Waals surface area contributed by atoms with Gasteiger partial charge in [-0.3, -0.25) is 14.6 Å². The van der Waals surface area contributed by atoms with Gasteiger partial charge in [0.1, 0.15) is 5.41 Å². The summed E-state index contributed by atoms with van der Waals surface area (Å²) >= 11 is 0. The highest BCUT2D eigenvalue weighted by atomic mass is 16.2. The summed E-state index contributed by atoms with van der Waals surface area (Å²) in [6, 6.07) is 12.6. The normalized spacial score (nSPS) is 14.2. The molecule has 2 aromatic rings. The second-order valence-electron chi connectivity index (χ2n) is 6.56. The molecule has 1 aliphatic rings. The Morgan fingerprint density at radius 3 is 2.65 bits per heavy atom. The largest absolute Gasteiger partial charge is 0.344 e. The number of pyridine rings is 1. The van der Waals surface area contributed by atoms with E-state index in [2.05, 4.69) is 10.3 Å². The van der Waals surface area contributed by atoms with Gasteiger partial charge in [0.15, 0.2) is 0 Å². The number of rotatable bonds is 6. The summed E-state index contributed by atoms with van der Waals surface area (Å²) in [4.78, 5) is 31.1. The second-order valence-corrected chi connectivity index (χ2v) is 6.56. The molecule has 132 valence electrons. The summed E-state index contributed by atoms with van der Waals surface area (Å²) < 4.78 is 0. The summed E-state index contributed by atoms with van der Waals surface area (Å²) in [6.45, 7) is 0.543. The standard InChI is InChI=1S/C20H20N4O2/c1-24(12-7-15-5-10-22-11-6-15)19(26)20(8-9-20)18(25)23-17-4-2-3-16(13-17)14-21/h2-6,10-11,13H,7-9,12H2,1H3,(H,23,25). The smallest absolute Gasteiger partial charge is 0.240 e. The average molecular weight is 348 g/mol. The summed E-state index contributed by atoms with van der Waals surface area (Å²) in [5.41, 5.74) is 1.12. The number of carbonyl (C=O) groups is 2. The minimum absolute atomic E-state index is 0.152. The monoisotopic (exact) mass is 348 g/mol. The molecule has 6 heteroatoms. The van der Waals surface area contributed by atoms with E-state index in [9.17, 15) is 9.59 Å². The van der Waals surface area contributed by atoms with Crippen LogP contribution in [0.2, 0.25) is 0 Å². The van der Waals surface area contributed by atoms with Gasteiger partial charge in [0, 0.05) is 31.7 Å². The fourth-order valence-electron chi connectivity index (χ4n) is 2.89. The number of nitrogens with zero attached hydrogens (tertiary/aromatic N) is 3. The maximum absolute atomic E-state index is 12.8. The lowest BCUT2D eigenvalue weighted by Crippen LogP contribution is -2.41. The van der Waals surface area contributed by atoms with Crippen molar-refractivity contribution in [1.82, 2.24) is 9.88 Å². The number of hydrogen-bond donors (Lipinski definition) is 1. The van der Waals surface area contributed by atoms with Gasteiger partial charge in [0.25, 0.3) is 0 Å². The lowest BCUT2D eigenvalue weighted by Gasteiger charge is -2.23. The number of anilines is 1. The van der Waals surface area contributed by atoms with Crippen LogP contribution in [0, 0.1) is 16.7 Å². The average Bonchev–Trinajstić information content (AvgIpc) is 3.48. The topological polar surface area (TPSA) is 86.1 Å². The van der Waals surface area contributed by atoms with E-state index in [-0.39, 0.29) is 11.8 Å². The highest BCUT2D eigenvalue weighted by Gasteiger charge is 2.57. The molecule has 2 amide bonds. The number of aromatic nitrogens is 1. The summed E-state index contributed by atoms with van der Waals surface area (Å²) in [7, 11) is 1.73. The number of amides is 2. The van der Waals surface area contributed by atoms with E-state index in [1.54, 1.807) is 48.6 Å². The predicted octanol–water partition coefficient (Wildman–Crippen LogP) is 2.37. The zero-order valence-electron chi connectivity index (χ0n) is 14.6. The third-order valence-corrected chi connectivity index (χ3v) is 4.68. The Labute approximate surface area is 152 Å². The van der Waals surface area contributed by atoms with Crippen LogP contribution in [0.4, 0.5) is 5.69 Å². The number of likely N-dealkylation sites (N-methyl/N-ethyl adjacent to an activating group) is 1. The summed E-state index contributed by atoms with van der Waals surface area (Å²) in [6.07, 6.45) is 5.27. The van der Waals surface area contributed by atoms with Crippen LogP contribution < -0.4 is 5.32 Å². The molecule has 0 aliphatic heterocycles. The number of carbonyl (C=O) groups excluding carboxylic acids is 2. The molecule has 26 heavy (non-hydrogen) atoms. The fourth-order valence-corrected chi connectivity index (χ4v) is 2.89. The van der Waals surface area contributed by atoms with Crippen molar-refractivity contribution in [1.29, 1.82) is 5.26 Å². The van der Waals surface area contributed by atoms with Crippen LogP contribution in [0.25, 0.3) is 0 Å². The molecule has 0 atom stereocenters. The first-order valence-electron chi connectivity index (χ1n) is 8.51. The molecule has 1 aliphatic carbocycles. The molecule has 1 fully saturated rings. The molecule has 0 bridgehead atoms. The number of benzene rings is 1. The van der Waals surface area contributed by atoms with Gasteiger partial charge >= 0.3 is 0 Å². The van der Waals surface area contributed by atoms with Gasteiger partial charge in [-0.2, -0.15) is 5.26 Å². The SMILES string of the molecule is CN(CCc1ccncc1)C(=O)C1(C(=O)Nc2cccc(C#N)c2)CC1. The van der Waals surface area contributed by atoms with Gasteiger partial charge in [-0.15, -0.1) is 0 Å². The first-order chi connectivity index (χ1) is 12.5. The first-order valence-corrected chi connectivity index (χ1v) is 8.51. The van der Waals surface area contributed by atoms with Crippen molar-refractivity contribution >= 4 is 17.5 Å². The molecule has 0 unspecified atom stereocenters. The Hall–Kier alpha value is -3.20. The van der Waals surface area contributed by atoms with E-state index < -0.39 is 5.41 Å². The highest BCUT2D eigenvalue weighted by molar-refractivity contribution is 6.13. The van der Waals surface area contributed by atoms with Gasteiger partial charge < -0.3 is 10.2 Å². The molecule has 0 radical (unpaired) electrons. The summed E-state index contributed by atoms with van der Waals surface area (Å²) in [5.74, 6) is -0.450. The molecule has 6 nitrogen and oxygen atoms in total. The van der Waals surface area contributed by atoms with Gasteiger partial charge in [-0.05, 0) is 55.2 Å². The molecule has 1 aromatic carbocycles. The van der Waals surface area contributed by atoms with E-state index in [1.807, 2.05) is 18.2 Å². The molecular formula is C20H20N4O2. The van der Waals surface area contributed by atoms with Crippen molar-refractivity contribution in [3.05, 3.63) is 59.9 Å². The van der Waals surface area contributed by atoms with E-state index >= 15 is 0 Å². The number of hydrogen-bond acceptors (Lipinski definition) is 4. The van der Waals surface area contributed by atoms with Gasteiger partial charge in [-0.1, -0.05) is 6.07 Å². The van der Waals surface area contributed by atoms with Crippen LogP contribution >= 0.6 is 0 Å². The zero-order valence-corrected chi connectivity index (χ0v) is 14.6. The van der Waals surface area contributed by atoms with E-state index in [1.165, 1.54) is 0 Å². The molecule has 1 heterocycles. The van der Waals surface area contributed by atoms with Crippen LogP contribution in [0.3, 0.4) is 0 Å². The molecule has 1 aromatic heterocycles. The maximum atomic E-state index is 12.8. The van der Waals surface area contributed by atoms with Crippen LogP contribution in [-0.4, -0.2) is 35.3 Å². The Kier molecular flexibility index (Phi) is 4.99. The lowest BCUT2D eigenvalue weighted by molar-refractivity contribution is -0.141. The Morgan fingerprint density at radius 2 is 2.00 bits per heavy atom. The fraction of sp³-hybridized carbons (Fsp3) is 0.300. The minimum atomic E-state index is -0.977. The third kappa shape index (κ3) is 3.72. The molecule has 1 saturated carbocycles. The van der Waals surface area contributed by atoms with Crippen molar-refractivity contribution in [2.45, 2.75) is 19.3 Å². The zero-order chi connectivity index (χ0) is 18.6. The van der Waals surface area contributed by atoms with Crippen molar-refractivity contribution in [3.8, 4) is 6.07 Å². The van der Waals surface area contributed by atoms with Gasteiger partial charge in [0.2, 0.25) is 11.8 Å². The molecule has 1 N–H and O–H groups in total. The molecule has 0 spiro atoms. The van der Waals surface area contributed by atoms with Crippen molar-refractivity contribution in [2.24, 2.45) is 5.41 Å². The van der Waals surface area contributed by atoms with E-state index in [0.717, 1.165) is 5.56 Å². The Balaban J connectivity index is 1.62. The number of nitriles is 1. The first kappa shape index (κ1) is 17.6. The van der Waals surface area contributed by atoms with Crippen LogP contribution in [-0.2, 0) is 16.0 Å². The van der Waals surface area contributed by atoms with Crippen LogP contribution in [0.1, 0.15) is 24.0 Å². The van der Waals surface area contributed by atoms with E-state index in [4.69, 9.17) is 5.26 Å². The van der Waals surface area contributed by atoms with Crippen molar-refractivity contribution in [3.63, 3.8) is 0 Å². The quantitative estimate of drug-likeness (QED) is 0.812. The summed E-state index contributed by atoms with van der Waals surface area (Å²) in [5, 5.41) is 11.7. The Bertz CT molecular complexity index is 854. The highest BCUT2D eigenvalue weighted by Crippen LogP contribution is 2.48. The van der Waals surface area contributed by atoms with Crippen molar-refractivity contribution in [2.75, 3.05) is 18.9 Å². The van der Waals surface area contributed by atoms with Gasteiger partial charge in [0.05, 0.1) is 11.6 Å². The van der Waals surface area contributed by atoms with Crippen LogP contribution in [0.15, 0.2) is 48.8 Å². The Morgan fingerprint density at radius 1 is 1.27 bits per heavy atom. The van der Waals surface area contributed by atoms with E-state index in [0.29, 0.717) is 37.1 Å². The van der Waals surface area contributed by atoms with Crippen molar-refractivity contribution < 1.29 is 9.59 Å². The lowest BCUT2D eigenvalue weighted by atomic mass is 10.0. The molecule has 3 rings (SSSR count). The van der Waals surface area contributed by atoms with Gasteiger partial charge in [-0.25, -0.2) is 0 Å². The molecule has 0 saturated heterocycles.